The predicted octanol–water partition coefficient (Wildman–Crippen LogP) is 0.0568. The lowest BCUT2D eigenvalue weighted by Gasteiger charge is -2.29. The molecule has 0 aromatic carbocycles. The molecule has 0 aromatic rings. The summed E-state index contributed by atoms with van der Waals surface area (Å²) in [7, 11) is -3.00. The third-order valence-corrected chi connectivity index (χ3v) is 3.81. The summed E-state index contributed by atoms with van der Waals surface area (Å²) in [6, 6.07) is 0. The van der Waals surface area contributed by atoms with Crippen LogP contribution in [0.15, 0.2) is 0 Å². The second-order valence-electron chi connectivity index (χ2n) is 2.94. The predicted molar refractivity (Wildman–Crippen MR) is 46.4 cm³/mol. The Morgan fingerprint density at radius 1 is 1.58 bits per heavy atom. The quantitative estimate of drug-likeness (QED) is 0.623. The fourth-order valence-corrected chi connectivity index (χ4v) is 2.38. The molecule has 5 heteroatoms. The van der Waals surface area contributed by atoms with Crippen LogP contribution < -0.4 is 0 Å². The molecule has 0 N–H and O–H groups in total. The second kappa shape index (κ2) is 3.72. The van der Waals surface area contributed by atoms with Gasteiger partial charge in [0, 0.05) is 13.1 Å². The van der Waals surface area contributed by atoms with E-state index in [2.05, 4.69) is 0 Å². The second-order valence-corrected chi connectivity index (χ2v) is 5.20. The minimum absolute atomic E-state index is 0.0278. The molecule has 0 amide bonds. The molecule has 1 aliphatic heterocycles. The number of ether oxygens (including phenoxy) is 1. The lowest BCUT2D eigenvalue weighted by atomic mass is 10.3. The standard InChI is InChI=1S/C7H15NO3S/c1-3-12(9,10)8-4-5-11-7(2)6-8/h7H,3-6H2,1-2H3/t7-/m0/s1. The summed E-state index contributed by atoms with van der Waals surface area (Å²) in [6.07, 6.45) is 0.0278. The molecule has 1 rings (SSSR count). The topological polar surface area (TPSA) is 46.6 Å². The lowest BCUT2D eigenvalue weighted by Crippen LogP contribution is -2.45. The van der Waals surface area contributed by atoms with Crippen LogP contribution in [0.4, 0.5) is 0 Å². The molecule has 1 atom stereocenters. The minimum atomic E-state index is -3.00. The number of sulfonamides is 1. The highest BCUT2D eigenvalue weighted by Gasteiger charge is 2.25. The van der Waals surface area contributed by atoms with Gasteiger partial charge in [-0.05, 0) is 13.8 Å². The Morgan fingerprint density at radius 2 is 2.25 bits per heavy atom. The maximum Gasteiger partial charge on any atom is 0.213 e. The van der Waals surface area contributed by atoms with Crippen molar-refractivity contribution in [3.8, 4) is 0 Å². The summed E-state index contributed by atoms with van der Waals surface area (Å²) < 4.78 is 29.5. The molecule has 0 unspecified atom stereocenters. The van der Waals surface area contributed by atoms with Crippen molar-refractivity contribution in [2.24, 2.45) is 0 Å². The maximum absolute atomic E-state index is 11.4. The zero-order chi connectivity index (χ0) is 9.19. The van der Waals surface area contributed by atoms with Gasteiger partial charge in [0.2, 0.25) is 10.0 Å². The number of nitrogens with zero attached hydrogens (tertiary/aromatic N) is 1. The number of hydrogen-bond donors (Lipinski definition) is 0. The van der Waals surface area contributed by atoms with Crippen molar-refractivity contribution in [2.45, 2.75) is 20.0 Å². The van der Waals surface area contributed by atoms with Crippen LogP contribution in [0, 0.1) is 0 Å². The molecular formula is C7H15NO3S. The number of hydrogen-bond acceptors (Lipinski definition) is 3. The molecule has 72 valence electrons. The highest BCUT2D eigenvalue weighted by atomic mass is 32.2. The SMILES string of the molecule is CCS(=O)(=O)N1CCO[C@@H](C)C1. The van der Waals surface area contributed by atoms with E-state index in [1.54, 1.807) is 6.92 Å². The van der Waals surface area contributed by atoms with E-state index in [1.165, 1.54) is 4.31 Å². The molecule has 0 saturated carbocycles. The summed E-state index contributed by atoms with van der Waals surface area (Å²) in [6.45, 7) is 5.06. The first-order valence-corrected chi connectivity index (χ1v) is 5.76. The molecule has 1 heterocycles. The molecule has 1 saturated heterocycles. The van der Waals surface area contributed by atoms with Crippen LogP contribution in [-0.2, 0) is 14.8 Å². The van der Waals surface area contributed by atoms with E-state index in [9.17, 15) is 8.42 Å². The van der Waals surface area contributed by atoms with Crippen LogP contribution in [0.1, 0.15) is 13.8 Å². The Kier molecular flexibility index (Phi) is 3.09. The fourth-order valence-electron chi connectivity index (χ4n) is 1.22. The van der Waals surface area contributed by atoms with Gasteiger partial charge in [-0.2, -0.15) is 4.31 Å². The van der Waals surface area contributed by atoms with Crippen molar-refractivity contribution in [1.29, 1.82) is 0 Å². The van der Waals surface area contributed by atoms with E-state index in [4.69, 9.17) is 4.74 Å². The van der Waals surface area contributed by atoms with E-state index in [0.717, 1.165) is 0 Å². The minimum Gasteiger partial charge on any atom is -0.376 e. The van der Waals surface area contributed by atoms with Crippen LogP contribution in [0.2, 0.25) is 0 Å². The van der Waals surface area contributed by atoms with Crippen LogP contribution >= 0.6 is 0 Å². The maximum atomic E-state index is 11.4. The van der Waals surface area contributed by atoms with Gasteiger partial charge in [-0.1, -0.05) is 0 Å². The van der Waals surface area contributed by atoms with Crippen LogP contribution in [0.3, 0.4) is 0 Å². The average molecular weight is 193 g/mol. The van der Waals surface area contributed by atoms with Crippen molar-refractivity contribution in [1.82, 2.24) is 4.31 Å². The highest BCUT2D eigenvalue weighted by molar-refractivity contribution is 7.89. The molecule has 1 aliphatic rings. The van der Waals surface area contributed by atoms with Crippen molar-refractivity contribution in [3.05, 3.63) is 0 Å². The molecule has 12 heavy (non-hydrogen) atoms. The van der Waals surface area contributed by atoms with Gasteiger partial charge in [-0.15, -0.1) is 0 Å². The van der Waals surface area contributed by atoms with Crippen molar-refractivity contribution >= 4 is 10.0 Å². The van der Waals surface area contributed by atoms with E-state index in [0.29, 0.717) is 19.7 Å². The molecule has 1 fully saturated rings. The van der Waals surface area contributed by atoms with Crippen LogP contribution in [0.25, 0.3) is 0 Å². The summed E-state index contributed by atoms with van der Waals surface area (Å²) in [4.78, 5) is 0. The average Bonchev–Trinajstić information content (AvgIpc) is 2.05. The van der Waals surface area contributed by atoms with E-state index in [1.807, 2.05) is 6.92 Å². The third-order valence-electron chi connectivity index (χ3n) is 1.96. The molecule has 0 bridgehead atoms. The van der Waals surface area contributed by atoms with Crippen molar-refractivity contribution in [3.63, 3.8) is 0 Å². The monoisotopic (exact) mass is 193 g/mol. The van der Waals surface area contributed by atoms with Gasteiger partial charge < -0.3 is 4.74 Å². The van der Waals surface area contributed by atoms with E-state index in [-0.39, 0.29) is 11.9 Å². The number of morpholine rings is 1. The van der Waals surface area contributed by atoms with Gasteiger partial charge in [0.25, 0.3) is 0 Å². The summed E-state index contributed by atoms with van der Waals surface area (Å²) in [5.74, 6) is 0.180. The molecule has 0 aliphatic carbocycles. The van der Waals surface area contributed by atoms with Crippen LogP contribution in [-0.4, -0.2) is 44.3 Å². The van der Waals surface area contributed by atoms with Gasteiger partial charge in [0.05, 0.1) is 18.5 Å². The summed E-state index contributed by atoms with van der Waals surface area (Å²) in [5, 5.41) is 0. The Labute approximate surface area is 73.6 Å². The van der Waals surface area contributed by atoms with Gasteiger partial charge >= 0.3 is 0 Å². The van der Waals surface area contributed by atoms with E-state index >= 15 is 0 Å². The zero-order valence-electron chi connectivity index (χ0n) is 7.49. The van der Waals surface area contributed by atoms with Crippen LogP contribution in [0.5, 0.6) is 0 Å². The largest absolute Gasteiger partial charge is 0.376 e. The molecule has 0 aromatic heterocycles. The Morgan fingerprint density at radius 3 is 2.75 bits per heavy atom. The zero-order valence-corrected chi connectivity index (χ0v) is 8.30. The third kappa shape index (κ3) is 2.18. The molecular weight excluding hydrogens is 178 g/mol. The molecule has 4 nitrogen and oxygen atoms in total. The van der Waals surface area contributed by atoms with Gasteiger partial charge in [-0.3, -0.25) is 0 Å². The van der Waals surface area contributed by atoms with Crippen molar-refractivity contribution < 1.29 is 13.2 Å². The van der Waals surface area contributed by atoms with Gasteiger partial charge in [-0.25, -0.2) is 8.42 Å². The Hall–Kier alpha value is -0.130. The number of rotatable bonds is 2. The first kappa shape index (κ1) is 9.95. The molecule has 0 radical (unpaired) electrons. The van der Waals surface area contributed by atoms with Gasteiger partial charge in [0.1, 0.15) is 0 Å². The highest BCUT2D eigenvalue weighted by Crippen LogP contribution is 2.09. The summed E-state index contributed by atoms with van der Waals surface area (Å²) in [5.41, 5.74) is 0. The van der Waals surface area contributed by atoms with Gasteiger partial charge in [0.15, 0.2) is 0 Å². The fraction of sp³-hybridized carbons (Fsp3) is 1.00. The summed E-state index contributed by atoms with van der Waals surface area (Å²) >= 11 is 0. The first-order valence-electron chi connectivity index (χ1n) is 4.15. The Balaban J connectivity index is 2.63. The Bertz CT molecular complexity index is 237. The normalized spacial score (nSPS) is 27.3. The first-order chi connectivity index (χ1) is 5.56. The molecule has 0 spiro atoms. The van der Waals surface area contributed by atoms with E-state index < -0.39 is 10.0 Å². The lowest BCUT2D eigenvalue weighted by molar-refractivity contribution is 0.0102. The van der Waals surface area contributed by atoms with Crippen molar-refractivity contribution in [2.75, 3.05) is 25.4 Å². The smallest absolute Gasteiger partial charge is 0.213 e.